The molecule has 0 radical (unpaired) electrons. The van der Waals surface area contributed by atoms with Crippen LogP contribution in [-0.2, 0) is 14.3 Å². The van der Waals surface area contributed by atoms with Crippen LogP contribution in [-0.4, -0.2) is 25.3 Å². The van der Waals surface area contributed by atoms with E-state index in [9.17, 15) is 18.0 Å². The lowest BCUT2D eigenvalue weighted by Crippen LogP contribution is -2.33. The number of ether oxygens (including phenoxy) is 2. The van der Waals surface area contributed by atoms with Crippen molar-refractivity contribution in [1.82, 2.24) is 0 Å². The standard InChI is InChI=1S/C16H20F3NO3/c1-10-4-11(14-22-8-15(2,3)9-23-14)6-12(5-10)20-13(21)7-16(17,18)19/h4-6,14H,7-9H2,1-3H3,(H,20,21). The predicted molar refractivity (Wildman–Crippen MR) is 78.9 cm³/mol. The quantitative estimate of drug-likeness (QED) is 0.912. The fourth-order valence-electron chi connectivity index (χ4n) is 2.29. The second kappa shape index (κ2) is 6.49. The highest BCUT2D eigenvalue weighted by molar-refractivity contribution is 5.91. The van der Waals surface area contributed by atoms with Crippen LogP contribution in [0.15, 0.2) is 18.2 Å². The Morgan fingerprint density at radius 3 is 2.43 bits per heavy atom. The van der Waals surface area contributed by atoms with Gasteiger partial charge in [0, 0.05) is 16.7 Å². The van der Waals surface area contributed by atoms with Crippen molar-refractivity contribution in [3.63, 3.8) is 0 Å². The van der Waals surface area contributed by atoms with E-state index in [-0.39, 0.29) is 5.41 Å². The van der Waals surface area contributed by atoms with E-state index in [1.54, 1.807) is 19.1 Å². The lowest BCUT2D eigenvalue weighted by molar-refractivity contribution is -0.226. The first-order chi connectivity index (χ1) is 10.5. The molecule has 2 rings (SSSR count). The van der Waals surface area contributed by atoms with Crippen molar-refractivity contribution in [2.24, 2.45) is 5.41 Å². The summed E-state index contributed by atoms with van der Waals surface area (Å²) in [6, 6.07) is 5.00. The van der Waals surface area contributed by atoms with Gasteiger partial charge in [0.1, 0.15) is 6.42 Å². The van der Waals surface area contributed by atoms with Gasteiger partial charge in [-0.1, -0.05) is 19.9 Å². The Bertz CT molecular complexity index is 574. The van der Waals surface area contributed by atoms with Gasteiger partial charge in [-0.2, -0.15) is 13.2 Å². The molecule has 0 spiro atoms. The molecule has 0 aliphatic carbocycles. The summed E-state index contributed by atoms with van der Waals surface area (Å²) in [5, 5.41) is 2.26. The van der Waals surface area contributed by atoms with Gasteiger partial charge in [-0.3, -0.25) is 4.79 Å². The number of alkyl halides is 3. The molecule has 128 valence electrons. The summed E-state index contributed by atoms with van der Waals surface area (Å²) in [5.74, 6) is -1.10. The predicted octanol–water partition coefficient (Wildman–Crippen LogP) is 3.96. The van der Waals surface area contributed by atoms with Gasteiger partial charge >= 0.3 is 6.18 Å². The monoisotopic (exact) mass is 331 g/mol. The summed E-state index contributed by atoms with van der Waals surface area (Å²) in [4.78, 5) is 11.4. The maximum atomic E-state index is 12.2. The Balaban J connectivity index is 2.09. The average molecular weight is 331 g/mol. The number of hydrogen-bond donors (Lipinski definition) is 1. The summed E-state index contributed by atoms with van der Waals surface area (Å²) >= 11 is 0. The van der Waals surface area contributed by atoms with Crippen LogP contribution in [0.2, 0.25) is 0 Å². The third kappa shape index (κ3) is 5.51. The molecule has 1 amide bonds. The van der Waals surface area contributed by atoms with Crippen LogP contribution in [0.25, 0.3) is 0 Å². The van der Waals surface area contributed by atoms with Gasteiger partial charge in [-0.25, -0.2) is 0 Å². The first kappa shape index (κ1) is 17.7. The van der Waals surface area contributed by atoms with Crippen molar-refractivity contribution in [3.8, 4) is 0 Å². The lowest BCUT2D eigenvalue weighted by Gasteiger charge is -2.34. The van der Waals surface area contributed by atoms with Crippen LogP contribution in [0.3, 0.4) is 0 Å². The van der Waals surface area contributed by atoms with Gasteiger partial charge in [-0.15, -0.1) is 0 Å². The minimum absolute atomic E-state index is 0.0793. The molecule has 0 unspecified atom stereocenters. The van der Waals surface area contributed by atoms with Crippen LogP contribution in [0, 0.1) is 12.3 Å². The number of benzene rings is 1. The van der Waals surface area contributed by atoms with Crippen LogP contribution in [0.5, 0.6) is 0 Å². The SMILES string of the molecule is Cc1cc(NC(=O)CC(F)(F)F)cc(C2OCC(C)(C)CO2)c1. The molecule has 1 heterocycles. The topological polar surface area (TPSA) is 47.6 Å². The number of anilines is 1. The molecule has 1 fully saturated rings. The van der Waals surface area contributed by atoms with Gasteiger partial charge in [0.15, 0.2) is 6.29 Å². The van der Waals surface area contributed by atoms with E-state index in [4.69, 9.17) is 9.47 Å². The first-order valence-corrected chi connectivity index (χ1v) is 7.25. The van der Waals surface area contributed by atoms with E-state index >= 15 is 0 Å². The van der Waals surface area contributed by atoms with Crippen LogP contribution in [0.4, 0.5) is 18.9 Å². The number of nitrogens with one attached hydrogen (secondary N) is 1. The molecule has 1 aromatic carbocycles. The smallest absolute Gasteiger partial charge is 0.348 e. The summed E-state index contributed by atoms with van der Waals surface area (Å²) in [5.41, 5.74) is 1.68. The van der Waals surface area contributed by atoms with Gasteiger partial charge in [0.25, 0.3) is 0 Å². The number of amides is 1. The summed E-state index contributed by atoms with van der Waals surface area (Å²) in [6.07, 6.45) is -6.63. The van der Waals surface area contributed by atoms with Gasteiger partial charge < -0.3 is 14.8 Å². The Labute approximate surface area is 133 Å². The van der Waals surface area contributed by atoms with E-state index in [2.05, 4.69) is 5.32 Å². The van der Waals surface area contributed by atoms with Crippen molar-refractivity contribution in [3.05, 3.63) is 29.3 Å². The van der Waals surface area contributed by atoms with Crippen LogP contribution < -0.4 is 5.32 Å². The fraction of sp³-hybridized carbons (Fsp3) is 0.562. The molecular formula is C16H20F3NO3. The maximum Gasteiger partial charge on any atom is 0.397 e. The molecule has 0 atom stereocenters. The Hall–Kier alpha value is -1.60. The molecular weight excluding hydrogens is 311 g/mol. The second-order valence-electron chi connectivity index (χ2n) is 6.59. The van der Waals surface area contributed by atoms with Crippen molar-refractivity contribution in [2.45, 2.75) is 39.7 Å². The van der Waals surface area contributed by atoms with Crippen molar-refractivity contribution >= 4 is 11.6 Å². The van der Waals surface area contributed by atoms with Gasteiger partial charge in [-0.05, 0) is 24.6 Å². The summed E-state index contributed by atoms with van der Waals surface area (Å²) in [6.45, 7) is 6.85. The number of halogens is 3. The second-order valence-corrected chi connectivity index (χ2v) is 6.59. The number of hydrogen-bond acceptors (Lipinski definition) is 3. The van der Waals surface area contributed by atoms with E-state index < -0.39 is 24.8 Å². The molecule has 1 aromatic rings. The number of carbonyl (C=O) groups is 1. The largest absolute Gasteiger partial charge is 0.397 e. The fourth-order valence-corrected chi connectivity index (χ4v) is 2.29. The molecule has 23 heavy (non-hydrogen) atoms. The molecule has 1 aliphatic rings. The number of rotatable bonds is 3. The van der Waals surface area contributed by atoms with Crippen molar-refractivity contribution in [1.29, 1.82) is 0 Å². The lowest BCUT2D eigenvalue weighted by atomic mass is 9.95. The van der Waals surface area contributed by atoms with E-state index in [0.29, 0.717) is 24.5 Å². The molecule has 4 nitrogen and oxygen atoms in total. The van der Waals surface area contributed by atoms with Crippen LogP contribution >= 0.6 is 0 Å². The molecule has 1 N–H and O–H groups in total. The van der Waals surface area contributed by atoms with E-state index in [1.165, 1.54) is 0 Å². The van der Waals surface area contributed by atoms with Crippen molar-refractivity contribution < 1.29 is 27.4 Å². The van der Waals surface area contributed by atoms with Crippen molar-refractivity contribution in [2.75, 3.05) is 18.5 Å². The van der Waals surface area contributed by atoms with E-state index in [1.807, 2.05) is 19.9 Å². The highest BCUT2D eigenvalue weighted by Crippen LogP contribution is 2.32. The number of carbonyl (C=O) groups excluding carboxylic acids is 1. The summed E-state index contributed by atoms with van der Waals surface area (Å²) < 4.78 is 48.0. The Morgan fingerprint density at radius 1 is 1.26 bits per heavy atom. The zero-order chi connectivity index (χ0) is 17.3. The third-order valence-corrected chi connectivity index (χ3v) is 3.27. The van der Waals surface area contributed by atoms with E-state index in [0.717, 1.165) is 5.56 Å². The Kier molecular flexibility index (Phi) is 5.01. The molecule has 7 heteroatoms. The molecule has 1 saturated heterocycles. The minimum Gasteiger partial charge on any atom is -0.348 e. The van der Waals surface area contributed by atoms with Gasteiger partial charge in [0.05, 0.1) is 13.2 Å². The highest BCUT2D eigenvalue weighted by Gasteiger charge is 2.32. The zero-order valence-corrected chi connectivity index (χ0v) is 13.3. The maximum absolute atomic E-state index is 12.2. The third-order valence-electron chi connectivity index (χ3n) is 3.27. The average Bonchev–Trinajstić information content (AvgIpc) is 2.35. The molecule has 1 aliphatic heterocycles. The first-order valence-electron chi connectivity index (χ1n) is 7.25. The Morgan fingerprint density at radius 2 is 1.87 bits per heavy atom. The normalized spacial score (nSPS) is 18.7. The molecule has 0 aromatic heterocycles. The summed E-state index contributed by atoms with van der Waals surface area (Å²) in [7, 11) is 0. The molecule has 0 bridgehead atoms. The van der Waals surface area contributed by atoms with Crippen LogP contribution in [0.1, 0.15) is 37.7 Å². The number of aryl methyl sites for hydroxylation is 1. The molecule has 0 saturated carbocycles. The minimum atomic E-state index is -4.53. The zero-order valence-electron chi connectivity index (χ0n) is 13.3. The van der Waals surface area contributed by atoms with Gasteiger partial charge in [0.2, 0.25) is 5.91 Å². The highest BCUT2D eigenvalue weighted by atomic mass is 19.4.